The minimum absolute atomic E-state index is 0.0158. The van der Waals surface area contributed by atoms with Crippen LogP contribution >= 0.6 is 0 Å². The summed E-state index contributed by atoms with van der Waals surface area (Å²) in [7, 11) is 0. The van der Waals surface area contributed by atoms with Crippen molar-refractivity contribution >= 4 is 58.1 Å². The molecule has 0 bridgehead atoms. The number of imidazole rings is 1. The molecule has 10 N–H and O–H groups in total. The molecule has 0 spiro atoms. The molecular formula is C36H44N10O8. The van der Waals surface area contributed by atoms with Crippen LogP contribution in [0.25, 0.3) is 11.0 Å². The number of amides is 2. The first kappa shape index (κ1) is 40.4. The second kappa shape index (κ2) is 19.4. The van der Waals surface area contributed by atoms with Crippen LogP contribution < -0.4 is 33.2 Å². The van der Waals surface area contributed by atoms with Crippen LogP contribution in [0.4, 0.5) is 11.5 Å². The molecule has 2 aromatic carbocycles. The van der Waals surface area contributed by atoms with Crippen LogP contribution in [0.5, 0.6) is 0 Å². The van der Waals surface area contributed by atoms with Gasteiger partial charge in [-0.2, -0.15) is 0 Å². The first-order valence-electron chi connectivity index (χ1n) is 17.1. The third-order valence-electron chi connectivity index (χ3n) is 8.05. The molecule has 0 saturated carbocycles. The second-order valence-corrected chi connectivity index (χ2v) is 12.2. The van der Waals surface area contributed by atoms with Crippen molar-refractivity contribution in [3.8, 4) is 0 Å². The molecular weight excluding hydrogens is 700 g/mol. The number of oxime groups is 1. The number of anilines is 2. The van der Waals surface area contributed by atoms with Gasteiger partial charge in [0.2, 0.25) is 5.91 Å². The number of carbonyl (C=O) groups is 5. The highest BCUT2D eigenvalue weighted by Gasteiger charge is 2.26. The Morgan fingerprint density at radius 1 is 0.944 bits per heavy atom. The lowest BCUT2D eigenvalue weighted by Gasteiger charge is -2.21. The van der Waals surface area contributed by atoms with Crippen molar-refractivity contribution in [2.75, 3.05) is 30.0 Å². The van der Waals surface area contributed by atoms with Crippen molar-refractivity contribution in [3.63, 3.8) is 0 Å². The minimum atomic E-state index is -1.18. The maximum Gasteiger partial charge on any atom is 0.352 e. The van der Waals surface area contributed by atoms with E-state index in [4.69, 9.17) is 37.2 Å². The van der Waals surface area contributed by atoms with Crippen molar-refractivity contribution in [2.45, 2.75) is 51.7 Å². The molecule has 0 aliphatic carbocycles. The van der Waals surface area contributed by atoms with Gasteiger partial charge in [0.05, 0.1) is 37.2 Å². The fourth-order valence-electron chi connectivity index (χ4n) is 4.93. The summed E-state index contributed by atoms with van der Waals surface area (Å²) in [6.45, 7) is 3.75. The number of nitrogens with zero attached hydrogens (tertiary/aromatic N) is 4. The summed E-state index contributed by atoms with van der Waals surface area (Å²) in [5.74, 6) is -2.66. The molecule has 18 nitrogen and oxygen atoms in total. The molecule has 2 aromatic heterocycles. The molecule has 3 atom stereocenters. The standard InChI is InChI=1S/C36H44N10O8/c1-3-52-31(48)15-17-46(30-6-4-5-16-41-30)34(49)23-9-13-26-27(18-23)44-29(43-26)19-42-24-10-7-22(8-11-24)33(40)45-54-36(51)32(39)21(2)20-53-35(50)25(37)12-14-28(38)47/h4-11,13,16,18,21,25,32,42H,3,12,14-15,17,19-20,37,39H2,1-2H3,(H2,38,47)(H2,40,45)(H,43,44). The number of esters is 2. The van der Waals surface area contributed by atoms with E-state index in [0.29, 0.717) is 40.3 Å². The van der Waals surface area contributed by atoms with Gasteiger partial charge in [-0.3, -0.25) is 24.1 Å². The van der Waals surface area contributed by atoms with E-state index in [1.165, 1.54) is 4.90 Å². The van der Waals surface area contributed by atoms with E-state index in [-0.39, 0.29) is 50.8 Å². The van der Waals surface area contributed by atoms with Crippen molar-refractivity contribution in [3.05, 3.63) is 83.8 Å². The predicted octanol–water partition coefficient (Wildman–Crippen LogP) is 1.43. The largest absolute Gasteiger partial charge is 0.466 e. The number of rotatable bonds is 19. The number of carbonyl (C=O) groups excluding carboxylic acids is 5. The lowest BCUT2D eigenvalue weighted by molar-refractivity contribution is -0.152. The van der Waals surface area contributed by atoms with Crippen LogP contribution in [0.2, 0.25) is 0 Å². The number of pyridine rings is 1. The zero-order chi connectivity index (χ0) is 39.2. The Labute approximate surface area is 310 Å². The van der Waals surface area contributed by atoms with E-state index in [1.807, 2.05) is 0 Å². The van der Waals surface area contributed by atoms with Crippen LogP contribution in [-0.4, -0.2) is 82.4 Å². The molecule has 0 saturated heterocycles. The van der Waals surface area contributed by atoms with E-state index in [9.17, 15) is 24.0 Å². The van der Waals surface area contributed by atoms with Gasteiger partial charge in [0.1, 0.15) is 23.7 Å². The summed E-state index contributed by atoms with van der Waals surface area (Å²) in [5, 5.41) is 6.94. The Morgan fingerprint density at radius 2 is 1.69 bits per heavy atom. The summed E-state index contributed by atoms with van der Waals surface area (Å²) in [6.07, 6.45) is 1.56. The monoisotopic (exact) mass is 744 g/mol. The number of nitrogens with one attached hydrogen (secondary N) is 2. The Balaban J connectivity index is 1.30. The van der Waals surface area contributed by atoms with Crippen molar-refractivity contribution in [1.82, 2.24) is 15.0 Å². The van der Waals surface area contributed by atoms with Gasteiger partial charge in [0.15, 0.2) is 5.84 Å². The van der Waals surface area contributed by atoms with Gasteiger partial charge >= 0.3 is 17.9 Å². The SMILES string of the molecule is CCOC(=O)CCN(C(=O)c1ccc2nc(CNc3ccc(/C(N)=N/OC(=O)C(N)C(C)COC(=O)C(N)CCC(N)=O)cc3)[nH]c2c1)c1ccccn1. The van der Waals surface area contributed by atoms with E-state index >= 15 is 0 Å². The second-order valence-electron chi connectivity index (χ2n) is 12.2. The lowest BCUT2D eigenvalue weighted by atomic mass is 10.0. The lowest BCUT2D eigenvalue weighted by Crippen LogP contribution is -2.41. The number of aromatic amines is 1. The van der Waals surface area contributed by atoms with Crippen molar-refractivity contribution < 1.29 is 38.3 Å². The number of hydrogen-bond acceptors (Lipinski definition) is 14. The van der Waals surface area contributed by atoms with E-state index in [2.05, 4.69) is 25.4 Å². The fraction of sp³-hybridized carbons (Fsp3) is 0.333. The normalized spacial score (nSPS) is 13.0. The number of H-pyrrole nitrogens is 1. The van der Waals surface area contributed by atoms with Gasteiger partial charge in [-0.25, -0.2) is 14.8 Å². The molecule has 4 aromatic rings. The fourth-order valence-corrected chi connectivity index (χ4v) is 4.93. The molecule has 4 rings (SSSR count). The molecule has 0 aliphatic heterocycles. The van der Waals surface area contributed by atoms with E-state index < -0.39 is 41.8 Å². The molecule has 0 radical (unpaired) electrons. The maximum atomic E-state index is 13.6. The Morgan fingerprint density at radius 3 is 2.37 bits per heavy atom. The number of aromatic nitrogens is 3. The summed E-state index contributed by atoms with van der Waals surface area (Å²) in [4.78, 5) is 79.4. The quantitative estimate of drug-likeness (QED) is 0.0260. The Kier molecular flexibility index (Phi) is 14.5. The third kappa shape index (κ3) is 11.6. The van der Waals surface area contributed by atoms with Gasteiger partial charge in [0, 0.05) is 41.9 Å². The molecule has 2 heterocycles. The Bertz CT molecular complexity index is 1950. The predicted molar refractivity (Wildman–Crippen MR) is 198 cm³/mol. The summed E-state index contributed by atoms with van der Waals surface area (Å²) in [5.41, 5.74) is 25.6. The number of amidine groups is 1. The van der Waals surface area contributed by atoms with Crippen LogP contribution in [0, 0.1) is 5.92 Å². The average molecular weight is 745 g/mol. The summed E-state index contributed by atoms with van der Waals surface area (Å²) >= 11 is 0. The van der Waals surface area contributed by atoms with Gasteiger partial charge in [-0.05, 0) is 67.9 Å². The zero-order valence-corrected chi connectivity index (χ0v) is 29.9. The van der Waals surface area contributed by atoms with E-state index in [0.717, 1.165) is 5.69 Å². The van der Waals surface area contributed by atoms with Crippen LogP contribution in [-0.2, 0) is 40.0 Å². The molecule has 18 heteroatoms. The number of fused-ring (bicyclic) bond motifs is 1. The average Bonchev–Trinajstić information content (AvgIpc) is 3.59. The highest BCUT2D eigenvalue weighted by atomic mass is 16.7. The first-order chi connectivity index (χ1) is 25.9. The third-order valence-corrected chi connectivity index (χ3v) is 8.05. The first-order valence-corrected chi connectivity index (χ1v) is 17.1. The van der Waals surface area contributed by atoms with Gasteiger partial charge in [0.25, 0.3) is 5.91 Å². The van der Waals surface area contributed by atoms with Crippen molar-refractivity contribution in [1.29, 1.82) is 0 Å². The topological polar surface area (TPSA) is 286 Å². The zero-order valence-electron chi connectivity index (χ0n) is 29.9. The number of primary amides is 1. The van der Waals surface area contributed by atoms with Crippen LogP contribution in [0.3, 0.4) is 0 Å². The van der Waals surface area contributed by atoms with Crippen molar-refractivity contribution in [2.24, 2.45) is 34.0 Å². The van der Waals surface area contributed by atoms with Crippen LogP contribution in [0.1, 0.15) is 54.9 Å². The molecule has 54 heavy (non-hydrogen) atoms. The smallest absolute Gasteiger partial charge is 0.352 e. The Hall–Kier alpha value is -6.40. The summed E-state index contributed by atoms with van der Waals surface area (Å²) in [6, 6.07) is 14.9. The molecule has 0 fully saturated rings. The summed E-state index contributed by atoms with van der Waals surface area (Å²) < 4.78 is 10.1. The van der Waals surface area contributed by atoms with Gasteiger partial charge < -0.3 is 47.5 Å². The number of nitrogens with two attached hydrogens (primary N) is 4. The minimum Gasteiger partial charge on any atom is -0.466 e. The number of ether oxygens (including phenoxy) is 2. The number of hydrogen-bond donors (Lipinski definition) is 6. The molecule has 286 valence electrons. The van der Waals surface area contributed by atoms with E-state index in [1.54, 1.807) is 80.7 Å². The molecule has 0 aliphatic rings. The highest BCUT2D eigenvalue weighted by Crippen LogP contribution is 2.20. The maximum absolute atomic E-state index is 13.6. The van der Waals surface area contributed by atoms with Gasteiger partial charge in [-0.1, -0.05) is 18.1 Å². The van der Waals surface area contributed by atoms with Gasteiger partial charge in [-0.15, -0.1) is 0 Å². The van der Waals surface area contributed by atoms with Crippen LogP contribution in [0.15, 0.2) is 72.0 Å². The molecule has 2 amide bonds. The number of benzene rings is 2. The highest BCUT2D eigenvalue weighted by molar-refractivity contribution is 6.07. The molecule has 3 unspecified atom stereocenters.